The Morgan fingerprint density at radius 3 is 2.45 bits per heavy atom. The Kier molecular flexibility index (Phi) is 3.69. The molecule has 0 saturated carbocycles. The minimum Gasteiger partial charge on any atom is -0.122 e. The lowest BCUT2D eigenvalue weighted by Gasteiger charge is -2.03. The van der Waals surface area contributed by atoms with Gasteiger partial charge in [0.15, 0.2) is 0 Å². The molecule has 0 bridgehead atoms. The van der Waals surface area contributed by atoms with Crippen molar-refractivity contribution in [1.82, 2.24) is 0 Å². The zero-order valence-corrected chi connectivity index (χ0v) is 10.1. The molecule has 0 atom stereocenters. The van der Waals surface area contributed by atoms with Gasteiger partial charge in [0.25, 0.3) is 0 Å². The van der Waals surface area contributed by atoms with Crippen molar-refractivity contribution in [3.05, 3.63) is 31.7 Å². The Bertz CT molecular complexity index is 273. The molecule has 60 valence electrons. The highest BCUT2D eigenvalue weighted by Gasteiger charge is 2.05. The zero-order valence-electron chi connectivity index (χ0n) is 5.37. The Morgan fingerprint density at radius 2 is 1.91 bits per heavy atom. The molecule has 0 saturated heterocycles. The quantitative estimate of drug-likeness (QED) is 0.524. The van der Waals surface area contributed by atoms with Crippen LogP contribution in [0, 0.1) is 0 Å². The molecule has 0 aliphatic carbocycles. The lowest BCUT2D eigenvalue weighted by atomic mass is 10.2. The van der Waals surface area contributed by atoms with Gasteiger partial charge in [0.05, 0.1) is 5.02 Å². The minimum atomic E-state index is 0.466. The second kappa shape index (κ2) is 4.13. The summed E-state index contributed by atoms with van der Waals surface area (Å²) in [5.41, 5.74) is 1.000. The van der Waals surface area contributed by atoms with Gasteiger partial charge in [-0.05, 0) is 43.5 Å². The van der Waals surface area contributed by atoms with E-state index in [0.717, 1.165) is 14.5 Å². The predicted molar refractivity (Wildman–Crippen MR) is 56.4 cm³/mol. The van der Waals surface area contributed by atoms with Gasteiger partial charge in [-0.1, -0.05) is 17.7 Å². The molecule has 0 amide bonds. The van der Waals surface area contributed by atoms with Gasteiger partial charge >= 0.3 is 0 Å². The maximum atomic E-state index is 5.91. The first-order chi connectivity index (χ1) is 5.16. The Hall–Kier alpha value is 0.760. The lowest BCUT2D eigenvalue weighted by Crippen LogP contribution is -1.81. The van der Waals surface area contributed by atoms with Crippen LogP contribution < -0.4 is 0 Å². The number of hydrogen-bond acceptors (Lipinski definition) is 0. The standard InChI is InChI=1S/C7H4Br2Cl2/c8-5-2-1-4(3-10)6(9)7(5)11/h1-2H,3H2. The van der Waals surface area contributed by atoms with E-state index in [1.165, 1.54) is 0 Å². The first kappa shape index (κ1) is 9.85. The molecule has 1 aromatic rings. The van der Waals surface area contributed by atoms with E-state index in [1.807, 2.05) is 12.1 Å². The van der Waals surface area contributed by atoms with Gasteiger partial charge in [-0.2, -0.15) is 0 Å². The van der Waals surface area contributed by atoms with E-state index in [4.69, 9.17) is 23.2 Å². The SMILES string of the molecule is ClCc1ccc(Br)c(Cl)c1Br. The van der Waals surface area contributed by atoms with Gasteiger partial charge in [0.1, 0.15) is 0 Å². The molecule has 0 aliphatic rings. The molecule has 0 N–H and O–H groups in total. The summed E-state index contributed by atoms with van der Waals surface area (Å²) in [6.45, 7) is 0. The van der Waals surface area contributed by atoms with Gasteiger partial charge in [0, 0.05) is 14.8 Å². The van der Waals surface area contributed by atoms with E-state index in [2.05, 4.69) is 31.9 Å². The second-order valence-corrected chi connectivity index (χ2v) is 4.26. The summed E-state index contributed by atoms with van der Waals surface area (Å²) < 4.78 is 1.74. The molecule has 1 rings (SSSR count). The van der Waals surface area contributed by atoms with E-state index in [-0.39, 0.29) is 0 Å². The molecule has 1 aromatic carbocycles. The predicted octanol–water partition coefficient (Wildman–Crippen LogP) is 4.60. The molecule has 0 aliphatic heterocycles. The summed E-state index contributed by atoms with van der Waals surface area (Å²) in [6.07, 6.45) is 0. The van der Waals surface area contributed by atoms with Gasteiger partial charge in [0.2, 0.25) is 0 Å². The van der Waals surface area contributed by atoms with E-state index in [9.17, 15) is 0 Å². The third-order valence-corrected chi connectivity index (χ3v) is 3.96. The topological polar surface area (TPSA) is 0 Å². The van der Waals surface area contributed by atoms with Crippen LogP contribution in [0.5, 0.6) is 0 Å². The van der Waals surface area contributed by atoms with Gasteiger partial charge < -0.3 is 0 Å². The number of rotatable bonds is 1. The van der Waals surface area contributed by atoms with Crippen LogP contribution in [0.2, 0.25) is 5.02 Å². The van der Waals surface area contributed by atoms with Crippen LogP contribution in [0.4, 0.5) is 0 Å². The van der Waals surface area contributed by atoms with Crippen molar-refractivity contribution < 1.29 is 0 Å². The molecule has 4 heteroatoms. The lowest BCUT2D eigenvalue weighted by molar-refractivity contribution is 1.36. The first-order valence-electron chi connectivity index (χ1n) is 2.85. The fourth-order valence-electron chi connectivity index (χ4n) is 0.669. The molecule has 0 aromatic heterocycles. The summed E-state index contributed by atoms with van der Waals surface area (Å²) in [5, 5.41) is 0.670. The number of alkyl halides is 1. The van der Waals surface area contributed by atoms with Crippen molar-refractivity contribution in [3.63, 3.8) is 0 Å². The van der Waals surface area contributed by atoms with Crippen molar-refractivity contribution in [2.45, 2.75) is 5.88 Å². The Morgan fingerprint density at radius 1 is 1.27 bits per heavy atom. The van der Waals surface area contributed by atoms with Crippen LogP contribution in [0.15, 0.2) is 21.1 Å². The van der Waals surface area contributed by atoms with Gasteiger partial charge in [-0.3, -0.25) is 0 Å². The summed E-state index contributed by atoms with van der Waals surface area (Å²) >= 11 is 18.2. The van der Waals surface area contributed by atoms with Crippen LogP contribution in [0.1, 0.15) is 5.56 Å². The maximum absolute atomic E-state index is 5.91. The summed E-state index contributed by atoms with van der Waals surface area (Å²) in [4.78, 5) is 0. The third kappa shape index (κ3) is 2.11. The van der Waals surface area contributed by atoms with Crippen LogP contribution in [-0.2, 0) is 5.88 Å². The highest BCUT2D eigenvalue weighted by molar-refractivity contribution is 9.11. The summed E-state index contributed by atoms with van der Waals surface area (Å²) in [6, 6.07) is 3.80. The highest BCUT2D eigenvalue weighted by atomic mass is 79.9. The van der Waals surface area contributed by atoms with Gasteiger partial charge in [-0.25, -0.2) is 0 Å². The van der Waals surface area contributed by atoms with Gasteiger partial charge in [-0.15, -0.1) is 11.6 Å². The monoisotopic (exact) mass is 316 g/mol. The molecular weight excluding hydrogens is 315 g/mol. The van der Waals surface area contributed by atoms with Crippen LogP contribution in [0.3, 0.4) is 0 Å². The average molecular weight is 319 g/mol. The summed E-state index contributed by atoms with van der Waals surface area (Å²) in [7, 11) is 0. The molecule has 0 radical (unpaired) electrons. The molecule has 0 heterocycles. The molecule has 0 spiro atoms. The van der Waals surface area contributed by atoms with E-state index >= 15 is 0 Å². The summed E-state index contributed by atoms with van der Waals surface area (Å²) in [5.74, 6) is 0.466. The minimum absolute atomic E-state index is 0.466. The van der Waals surface area contributed by atoms with E-state index in [1.54, 1.807) is 0 Å². The van der Waals surface area contributed by atoms with Crippen molar-refractivity contribution in [2.75, 3.05) is 0 Å². The smallest absolute Gasteiger partial charge is 0.0693 e. The van der Waals surface area contributed by atoms with Crippen LogP contribution >= 0.6 is 55.1 Å². The number of hydrogen-bond donors (Lipinski definition) is 0. The Balaban J connectivity index is 3.25. The largest absolute Gasteiger partial charge is 0.122 e. The van der Waals surface area contributed by atoms with Crippen molar-refractivity contribution in [1.29, 1.82) is 0 Å². The molecule has 11 heavy (non-hydrogen) atoms. The third-order valence-electron chi connectivity index (χ3n) is 1.26. The maximum Gasteiger partial charge on any atom is 0.0693 e. The molecular formula is C7H4Br2Cl2. The fraction of sp³-hybridized carbons (Fsp3) is 0.143. The van der Waals surface area contributed by atoms with Crippen molar-refractivity contribution in [2.24, 2.45) is 0 Å². The van der Waals surface area contributed by atoms with Crippen LogP contribution in [0.25, 0.3) is 0 Å². The number of halogens is 4. The second-order valence-electron chi connectivity index (χ2n) is 1.97. The van der Waals surface area contributed by atoms with Crippen molar-refractivity contribution >= 4 is 55.1 Å². The van der Waals surface area contributed by atoms with E-state index in [0.29, 0.717) is 10.9 Å². The van der Waals surface area contributed by atoms with Crippen molar-refractivity contribution in [3.8, 4) is 0 Å². The fourth-order valence-corrected chi connectivity index (χ4v) is 2.32. The first-order valence-corrected chi connectivity index (χ1v) is 5.35. The molecule has 0 fully saturated rings. The van der Waals surface area contributed by atoms with Crippen LogP contribution in [-0.4, -0.2) is 0 Å². The Labute approximate surface area is 92.1 Å². The van der Waals surface area contributed by atoms with E-state index < -0.39 is 0 Å². The highest BCUT2D eigenvalue weighted by Crippen LogP contribution is 2.33. The average Bonchev–Trinajstić information content (AvgIpc) is 2.01. The molecule has 0 nitrogen and oxygen atoms in total. The molecule has 0 unspecified atom stereocenters. The normalized spacial score (nSPS) is 10.2. The zero-order chi connectivity index (χ0) is 8.43. The number of benzene rings is 1.